The number of ether oxygens (including phenoxy) is 2. The molecule has 7 heteroatoms. The Kier molecular flexibility index (Phi) is 4.82. The molecular formula is C19H23N3O3S. The first-order chi connectivity index (χ1) is 12.6. The molecule has 1 N–H and O–H groups in total. The molecule has 26 heavy (non-hydrogen) atoms. The molecule has 0 radical (unpaired) electrons. The van der Waals surface area contributed by atoms with Gasteiger partial charge in [-0.15, -0.1) is 11.3 Å². The summed E-state index contributed by atoms with van der Waals surface area (Å²) in [5.41, 5.74) is 1.84. The Hall–Kier alpha value is -2.12. The van der Waals surface area contributed by atoms with Crippen molar-refractivity contribution in [1.29, 1.82) is 0 Å². The molecule has 6 nitrogen and oxygen atoms in total. The van der Waals surface area contributed by atoms with Gasteiger partial charge < -0.3 is 14.8 Å². The van der Waals surface area contributed by atoms with Crippen molar-refractivity contribution in [3.8, 4) is 11.5 Å². The maximum absolute atomic E-state index is 12.6. The lowest BCUT2D eigenvalue weighted by Crippen LogP contribution is -2.45. The largest absolute Gasteiger partial charge is 0.454 e. The smallest absolute Gasteiger partial charge is 0.241 e. The Morgan fingerprint density at radius 3 is 2.81 bits per heavy atom. The summed E-state index contributed by atoms with van der Waals surface area (Å²) in [7, 11) is 0. The third kappa shape index (κ3) is 3.54. The SMILES string of the molecule is Cc1csc(C2CCN(C(C)C(=O)Nc3ccc4c(c3)OCO4)CC2)n1. The first-order valence-corrected chi connectivity index (χ1v) is 9.84. The van der Waals surface area contributed by atoms with Crippen LogP contribution in [0.15, 0.2) is 23.6 Å². The van der Waals surface area contributed by atoms with E-state index in [4.69, 9.17) is 9.47 Å². The molecule has 4 rings (SSSR count). The minimum absolute atomic E-state index is 0.00686. The number of rotatable bonds is 4. The zero-order valence-corrected chi connectivity index (χ0v) is 15.8. The number of anilines is 1. The van der Waals surface area contributed by atoms with Gasteiger partial charge in [0.05, 0.1) is 11.0 Å². The lowest BCUT2D eigenvalue weighted by molar-refractivity contribution is -0.121. The lowest BCUT2D eigenvalue weighted by atomic mass is 9.96. The molecule has 138 valence electrons. The average Bonchev–Trinajstić information content (AvgIpc) is 3.29. The van der Waals surface area contributed by atoms with E-state index in [2.05, 4.69) is 20.6 Å². The minimum Gasteiger partial charge on any atom is -0.454 e. The van der Waals surface area contributed by atoms with Gasteiger partial charge in [0.2, 0.25) is 12.7 Å². The van der Waals surface area contributed by atoms with E-state index in [0.29, 0.717) is 11.7 Å². The highest BCUT2D eigenvalue weighted by atomic mass is 32.1. The quantitative estimate of drug-likeness (QED) is 0.890. The van der Waals surface area contributed by atoms with E-state index in [1.54, 1.807) is 11.3 Å². The number of likely N-dealkylation sites (tertiary alicyclic amines) is 1. The standard InChI is InChI=1S/C19H23N3O3S/c1-12-10-26-19(20-12)14-5-7-22(8-6-14)13(2)18(23)21-15-3-4-16-17(9-15)25-11-24-16/h3-4,9-10,13-14H,5-8,11H2,1-2H3,(H,21,23). The van der Waals surface area contributed by atoms with Crippen LogP contribution in [0.25, 0.3) is 0 Å². The Morgan fingerprint density at radius 1 is 1.31 bits per heavy atom. The van der Waals surface area contributed by atoms with Gasteiger partial charge in [-0.2, -0.15) is 0 Å². The molecule has 0 spiro atoms. The molecule has 1 aromatic heterocycles. The molecule has 0 saturated carbocycles. The fourth-order valence-corrected chi connectivity index (χ4v) is 4.45. The number of nitrogens with one attached hydrogen (secondary N) is 1. The maximum atomic E-state index is 12.6. The fourth-order valence-electron chi connectivity index (χ4n) is 3.48. The van der Waals surface area contributed by atoms with E-state index in [1.165, 1.54) is 5.01 Å². The summed E-state index contributed by atoms with van der Waals surface area (Å²) in [4.78, 5) is 19.5. The molecule has 1 aromatic carbocycles. The second kappa shape index (κ2) is 7.25. The molecule has 1 amide bonds. The summed E-state index contributed by atoms with van der Waals surface area (Å²) in [6, 6.07) is 5.31. The number of nitrogens with zero attached hydrogens (tertiary/aromatic N) is 2. The molecule has 2 aliphatic rings. The van der Waals surface area contributed by atoms with Crippen LogP contribution in [0, 0.1) is 6.92 Å². The second-order valence-corrected chi connectivity index (χ2v) is 7.76. The predicted octanol–water partition coefficient (Wildman–Crippen LogP) is 3.39. The lowest BCUT2D eigenvalue weighted by Gasteiger charge is -2.34. The monoisotopic (exact) mass is 373 g/mol. The summed E-state index contributed by atoms with van der Waals surface area (Å²) in [5, 5.41) is 6.34. The highest BCUT2D eigenvalue weighted by Crippen LogP contribution is 2.34. The van der Waals surface area contributed by atoms with Gasteiger partial charge in [-0.1, -0.05) is 0 Å². The number of fused-ring (bicyclic) bond motifs is 1. The van der Waals surface area contributed by atoms with Crippen LogP contribution in [0.2, 0.25) is 0 Å². The Bertz CT molecular complexity index is 799. The van der Waals surface area contributed by atoms with E-state index in [1.807, 2.05) is 32.0 Å². The number of carbonyl (C=O) groups is 1. The summed E-state index contributed by atoms with van der Waals surface area (Å²) < 4.78 is 10.7. The van der Waals surface area contributed by atoms with Gasteiger partial charge >= 0.3 is 0 Å². The van der Waals surface area contributed by atoms with Crippen molar-refractivity contribution in [3.05, 3.63) is 34.3 Å². The van der Waals surface area contributed by atoms with Crippen LogP contribution in [0.5, 0.6) is 11.5 Å². The molecule has 3 heterocycles. The van der Waals surface area contributed by atoms with Crippen molar-refractivity contribution in [1.82, 2.24) is 9.88 Å². The predicted molar refractivity (Wildman–Crippen MR) is 101 cm³/mol. The molecule has 0 aliphatic carbocycles. The first-order valence-electron chi connectivity index (χ1n) is 8.97. The summed E-state index contributed by atoms with van der Waals surface area (Å²) in [6.45, 7) is 6.07. The highest BCUT2D eigenvalue weighted by molar-refractivity contribution is 7.09. The topological polar surface area (TPSA) is 63.7 Å². The summed E-state index contributed by atoms with van der Waals surface area (Å²) in [6.07, 6.45) is 2.10. The van der Waals surface area contributed by atoms with Crippen molar-refractivity contribution in [2.24, 2.45) is 0 Å². The Balaban J connectivity index is 1.33. The number of thiazole rings is 1. The van der Waals surface area contributed by atoms with Crippen LogP contribution in [-0.2, 0) is 4.79 Å². The van der Waals surface area contributed by atoms with Gasteiger partial charge in [-0.05, 0) is 51.9 Å². The number of benzene rings is 1. The van der Waals surface area contributed by atoms with Gasteiger partial charge in [0.25, 0.3) is 0 Å². The zero-order chi connectivity index (χ0) is 18.1. The zero-order valence-electron chi connectivity index (χ0n) is 15.0. The van der Waals surface area contributed by atoms with Crippen LogP contribution < -0.4 is 14.8 Å². The third-order valence-corrected chi connectivity index (χ3v) is 6.21. The van der Waals surface area contributed by atoms with E-state index >= 15 is 0 Å². The Labute approximate surface area is 157 Å². The van der Waals surface area contributed by atoms with Crippen molar-refractivity contribution in [3.63, 3.8) is 0 Å². The van der Waals surface area contributed by atoms with Crippen molar-refractivity contribution in [2.75, 3.05) is 25.2 Å². The van der Waals surface area contributed by atoms with E-state index < -0.39 is 0 Å². The number of aromatic nitrogens is 1. The maximum Gasteiger partial charge on any atom is 0.241 e. The normalized spacial score (nSPS) is 18.7. The molecule has 1 saturated heterocycles. The first kappa shape index (κ1) is 17.3. The molecule has 1 unspecified atom stereocenters. The highest BCUT2D eigenvalue weighted by Gasteiger charge is 2.28. The molecule has 2 aliphatic heterocycles. The fraction of sp³-hybridized carbons (Fsp3) is 0.474. The Morgan fingerprint density at radius 2 is 2.08 bits per heavy atom. The number of hydrogen-bond donors (Lipinski definition) is 1. The number of hydrogen-bond acceptors (Lipinski definition) is 6. The second-order valence-electron chi connectivity index (χ2n) is 6.87. The molecular weight excluding hydrogens is 350 g/mol. The van der Waals surface area contributed by atoms with Crippen LogP contribution >= 0.6 is 11.3 Å². The van der Waals surface area contributed by atoms with Crippen molar-refractivity contribution >= 4 is 22.9 Å². The summed E-state index contributed by atoms with van der Waals surface area (Å²) >= 11 is 1.75. The molecule has 2 aromatic rings. The van der Waals surface area contributed by atoms with Crippen molar-refractivity contribution < 1.29 is 14.3 Å². The molecule has 0 bridgehead atoms. The van der Waals surface area contributed by atoms with Crippen LogP contribution in [0.4, 0.5) is 5.69 Å². The van der Waals surface area contributed by atoms with Gasteiger partial charge in [-0.25, -0.2) is 4.98 Å². The number of carbonyl (C=O) groups excluding carboxylic acids is 1. The average molecular weight is 373 g/mol. The number of aryl methyl sites for hydroxylation is 1. The van der Waals surface area contributed by atoms with Crippen LogP contribution in [0.3, 0.4) is 0 Å². The van der Waals surface area contributed by atoms with Crippen LogP contribution in [-0.4, -0.2) is 41.7 Å². The molecule has 1 atom stereocenters. The third-order valence-electron chi connectivity index (χ3n) is 5.08. The number of amides is 1. The van der Waals surface area contributed by atoms with Crippen LogP contribution in [0.1, 0.15) is 36.4 Å². The summed E-state index contributed by atoms with van der Waals surface area (Å²) in [5.74, 6) is 1.92. The van der Waals surface area contributed by atoms with E-state index in [9.17, 15) is 4.79 Å². The van der Waals surface area contributed by atoms with E-state index in [-0.39, 0.29) is 18.7 Å². The van der Waals surface area contributed by atoms with Gasteiger partial charge in [-0.3, -0.25) is 9.69 Å². The number of piperidine rings is 1. The molecule has 1 fully saturated rings. The van der Waals surface area contributed by atoms with E-state index in [0.717, 1.165) is 43.1 Å². The van der Waals surface area contributed by atoms with Gasteiger partial charge in [0, 0.05) is 28.7 Å². The van der Waals surface area contributed by atoms with Gasteiger partial charge in [0.15, 0.2) is 11.5 Å². The van der Waals surface area contributed by atoms with Gasteiger partial charge in [0.1, 0.15) is 0 Å². The van der Waals surface area contributed by atoms with Crippen molar-refractivity contribution in [2.45, 2.75) is 38.6 Å². The minimum atomic E-state index is -0.167.